The molecule has 1 heterocycles. The Balaban J connectivity index is 1.51. The minimum absolute atomic E-state index is 0.00350. The van der Waals surface area contributed by atoms with Crippen LogP contribution in [0.25, 0.3) is 10.9 Å². The molecule has 1 amide bonds. The van der Waals surface area contributed by atoms with Crippen LogP contribution in [0.4, 0.5) is 19.0 Å². The van der Waals surface area contributed by atoms with Gasteiger partial charge < -0.3 is 14.8 Å². The summed E-state index contributed by atoms with van der Waals surface area (Å²) >= 11 is 0. The minimum Gasteiger partial charge on any atom is -0.489 e. The Morgan fingerprint density at radius 1 is 1.06 bits per heavy atom. The normalized spacial score (nSPS) is 11.0. The summed E-state index contributed by atoms with van der Waals surface area (Å²) in [4.78, 5) is 12.4. The van der Waals surface area contributed by atoms with E-state index in [4.69, 9.17) is 4.74 Å². The van der Waals surface area contributed by atoms with Gasteiger partial charge in [-0.3, -0.25) is 9.89 Å². The number of benzene rings is 3. The van der Waals surface area contributed by atoms with Crippen molar-refractivity contribution in [1.82, 2.24) is 10.2 Å². The average molecular weight is 427 g/mol. The number of halogens is 3. The summed E-state index contributed by atoms with van der Waals surface area (Å²) in [6, 6.07) is 16.5. The molecule has 0 radical (unpaired) electrons. The molecule has 0 unspecified atom stereocenters. The SMILES string of the molecule is O=C(Nc1n[nH]c2ccc(OCc3ccccc3OC(F)F)cc12)c1ccc(F)cc1. The van der Waals surface area contributed by atoms with E-state index in [0.717, 1.165) is 0 Å². The summed E-state index contributed by atoms with van der Waals surface area (Å²) < 4.78 is 48.4. The van der Waals surface area contributed by atoms with Gasteiger partial charge >= 0.3 is 6.61 Å². The molecule has 2 N–H and O–H groups in total. The molecule has 9 heteroatoms. The van der Waals surface area contributed by atoms with Crippen LogP contribution in [-0.2, 0) is 6.61 Å². The Bertz CT molecular complexity index is 1210. The molecule has 31 heavy (non-hydrogen) atoms. The van der Waals surface area contributed by atoms with Gasteiger partial charge in [0.05, 0.1) is 5.52 Å². The number of hydrogen-bond acceptors (Lipinski definition) is 4. The second-order valence-electron chi connectivity index (χ2n) is 6.52. The molecule has 158 valence electrons. The van der Waals surface area contributed by atoms with Crippen LogP contribution in [0.15, 0.2) is 66.7 Å². The summed E-state index contributed by atoms with van der Waals surface area (Å²) in [5, 5.41) is 10.2. The van der Waals surface area contributed by atoms with E-state index in [-0.39, 0.29) is 23.7 Å². The van der Waals surface area contributed by atoms with Crippen molar-refractivity contribution in [1.29, 1.82) is 0 Å². The van der Waals surface area contributed by atoms with Crippen molar-refractivity contribution >= 4 is 22.6 Å². The molecular weight excluding hydrogens is 411 g/mol. The van der Waals surface area contributed by atoms with Crippen molar-refractivity contribution in [3.05, 3.63) is 83.7 Å². The van der Waals surface area contributed by atoms with E-state index in [1.54, 1.807) is 36.4 Å². The van der Waals surface area contributed by atoms with Gasteiger partial charge in [-0.2, -0.15) is 13.9 Å². The minimum atomic E-state index is -2.93. The van der Waals surface area contributed by atoms with Crippen molar-refractivity contribution in [2.24, 2.45) is 0 Å². The van der Waals surface area contributed by atoms with E-state index in [9.17, 15) is 18.0 Å². The number of H-pyrrole nitrogens is 1. The Hall–Kier alpha value is -4.01. The van der Waals surface area contributed by atoms with Crippen molar-refractivity contribution in [3.63, 3.8) is 0 Å². The lowest BCUT2D eigenvalue weighted by Gasteiger charge is -2.12. The van der Waals surface area contributed by atoms with Gasteiger partial charge in [-0.25, -0.2) is 4.39 Å². The number of carbonyl (C=O) groups excluding carboxylic acids is 1. The predicted octanol–water partition coefficient (Wildman–Crippen LogP) is 5.13. The molecule has 0 aliphatic heterocycles. The van der Waals surface area contributed by atoms with E-state index in [2.05, 4.69) is 20.3 Å². The predicted molar refractivity (Wildman–Crippen MR) is 108 cm³/mol. The lowest BCUT2D eigenvalue weighted by molar-refractivity contribution is -0.0508. The maximum atomic E-state index is 13.1. The first-order chi connectivity index (χ1) is 15.0. The van der Waals surface area contributed by atoms with Gasteiger partial charge in [0.1, 0.15) is 23.9 Å². The molecule has 0 saturated carbocycles. The fourth-order valence-electron chi connectivity index (χ4n) is 2.95. The molecular formula is C22H16F3N3O3. The number of ether oxygens (including phenoxy) is 2. The largest absolute Gasteiger partial charge is 0.489 e. The van der Waals surface area contributed by atoms with Crippen molar-refractivity contribution in [3.8, 4) is 11.5 Å². The summed E-state index contributed by atoms with van der Waals surface area (Å²) in [6.45, 7) is -2.93. The van der Waals surface area contributed by atoms with Gasteiger partial charge in [0.2, 0.25) is 0 Å². The van der Waals surface area contributed by atoms with Crippen LogP contribution >= 0.6 is 0 Å². The van der Waals surface area contributed by atoms with Gasteiger partial charge in [-0.05, 0) is 48.5 Å². The first-order valence-electron chi connectivity index (χ1n) is 9.20. The lowest BCUT2D eigenvalue weighted by atomic mass is 10.2. The zero-order valence-electron chi connectivity index (χ0n) is 15.9. The van der Waals surface area contributed by atoms with Crippen molar-refractivity contribution in [2.45, 2.75) is 13.2 Å². The number of carbonyl (C=O) groups is 1. The highest BCUT2D eigenvalue weighted by atomic mass is 19.3. The number of para-hydroxylation sites is 1. The molecule has 4 rings (SSSR count). The third-order valence-corrected chi connectivity index (χ3v) is 4.46. The van der Waals surface area contributed by atoms with Crippen LogP contribution in [0.5, 0.6) is 11.5 Å². The van der Waals surface area contributed by atoms with Gasteiger partial charge in [0, 0.05) is 16.5 Å². The first kappa shape index (κ1) is 20.3. The maximum Gasteiger partial charge on any atom is 0.387 e. The molecule has 0 aliphatic rings. The van der Waals surface area contributed by atoms with Gasteiger partial charge in [0.15, 0.2) is 5.82 Å². The summed E-state index contributed by atoms with van der Waals surface area (Å²) in [5.41, 5.74) is 1.39. The number of aromatic amines is 1. The highest BCUT2D eigenvalue weighted by Gasteiger charge is 2.13. The first-order valence-corrected chi connectivity index (χ1v) is 9.20. The molecule has 0 saturated heterocycles. The van der Waals surface area contributed by atoms with E-state index in [1.807, 2.05) is 0 Å². The molecule has 3 aromatic carbocycles. The van der Waals surface area contributed by atoms with Crippen molar-refractivity contribution in [2.75, 3.05) is 5.32 Å². The van der Waals surface area contributed by atoms with Crippen molar-refractivity contribution < 1.29 is 27.4 Å². The average Bonchev–Trinajstić information content (AvgIpc) is 3.15. The molecule has 0 aliphatic carbocycles. The summed E-state index contributed by atoms with van der Waals surface area (Å²) in [5.74, 6) is -0.134. The zero-order valence-corrected chi connectivity index (χ0v) is 15.9. The third kappa shape index (κ3) is 4.77. The molecule has 6 nitrogen and oxygen atoms in total. The fourth-order valence-corrected chi connectivity index (χ4v) is 2.95. The Labute approximate surface area is 174 Å². The summed E-state index contributed by atoms with van der Waals surface area (Å²) in [6.07, 6.45) is 0. The number of amides is 1. The number of nitrogens with one attached hydrogen (secondary N) is 2. The maximum absolute atomic E-state index is 13.1. The Morgan fingerprint density at radius 2 is 1.84 bits per heavy atom. The molecule has 1 aromatic heterocycles. The molecule has 0 fully saturated rings. The van der Waals surface area contributed by atoms with Crippen LogP contribution in [0.1, 0.15) is 15.9 Å². The molecule has 0 bridgehead atoms. The fraction of sp³-hybridized carbons (Fsp3) is 0.0909. The molecule has 4 aromatic rings. The number of rotatable bonds is 7. The number of nitrogens with zero attached hydrogens (tertiary/aromatic N) is 1. The number of fused-ring (bicyclic) bond motifs is 1. The zero-order chi connectivity index (χ0) is 21.8. The molecule has 0 spiro atoms. The highest BCUT2D eigenvalue weighted by Crippen LogP contribution is 2.27. The van der Waals surface area contributed by atoms with E-state index >= 15 is 0 Å². The van der Waals surface area contributed by atoms with Gasteiger partial charge in [0.25, 0.3) is 5.91 Å². The smallest absolute Gasteiger partial charge is 0.387 e. The number of anilines is 1. The Morgan fingerprint density at radius 3 is 2.61 bits per heavy atom. The van der Waals surface area contributed by atoms with Crippen LogP contribution < -0.4 is 14.8 Å². The van der Waals surface area contributed by atoms with Crippen LogP contribution in [-0.4, -0.2) is 22.7 Å². The Kier molecular flexibility index (Phi) is 5.74. The van der Waals surface area contributed by atoms with E-state index in [1.165, 1.54) is 30.3 Å². The van der Waals surface area contributed by atoms with E-state index < -0.39 is 18.3 Å². The number of alkyl halides is 2. The highest BCUT2D eigenvalue weighted by molar-refractivity contribution is 6.07. The number of hydrogen-bond donors (Lipinski definition) is 2. The number of aromatic nitrogens is 2. The van der Waals surface area contributed by atoms with Gasteiger partial charge in [-0.1, -0.05) is 18.2 Å². The van der Waals surface area contributed by atoms with Crippen LogP contribution in [0.2, 0.25) is 0 Å². The van der Waals surface area contributed by atoms with Crippen LogP contribution in [0, 0.1) is 5.82 Å². The van der Waals surface area contributed by atoms with Crippen LogP contribution in [0.3, 0.4) is 0 Å². The topological polar surface area (TPSA) is 76.2 Å². The second kappa shape index (κ2) is 8.78. The monoisotopic (exact) mass is 427 g/mol. The molecule has 0 atom stereocenters. The lowest BCUT2D eigenvalue weighted by Crippen LogP contribution is -2.12. The third-order valence-electron chi connectivity index (χ3n) is 4.46. The second-order valence-corrected chi connectivity index (χ2v) is 6.52. The quantitative estimate of drug-likeness (QED) is 0.429. The summed E-state index contributed by atoms with van der Waals surface area (Å²) in [7, 11) is 0. The van der Waals surface area contributed by atoms with E-state index in [0.29, 0.717) is 22.2 Å². The van der Waals surface area contributed by atoms with Gasteiger partial charge in [-0.15, -0.1) is 0 Å². The standard InChI is InChI=1S/C22H16F3N3O3/c23-15-7-5-13(6-8-15)21(29)26-20-17-11-16(9-10-18(17)27-28-20)30-12-14-3-1-2-4-19(14)31-22(24)25/h1-11,22H,12H2,(H2,26,27,28,29).